The number of rotatable bonds is 5. The average Bonchev–Trinajstić information content (AvgIpc) is 3.46. The number of nitrogens with one attached hydrogen (secondary N) is 1. The van der Waals surface area contributed by atoms with E-state index in [9.17, 15) is 5.11 Å². The van der Waals surface area contributed by atoms with E-state index in [1.165, 1.54) is 17.5 Å². The number of fused-ring (bicyclic) bond motifs is 6. The van der Waals surface area contributed by atoms with Crippen molar-refractivity contribution in [2.75, 3.05) is 36.4 Å². The van der Waals surface area contributed by atoms with Gasteiger partial charge in [0.05, 0.1) is 18.2 Å². The van der Waals surface area contributed by atoms with E-state index < -0.39 is 0 Å². The van der Waals surface area contributed by atoms with Gasteiger partial charge >= 0.3 is 0 Å². The number of ether oxygens (including phenoxy) is 1. The highest BCUT2D eigenvalue weighted by molar-refractivity contribution is 8.00. The number of hydrogen-bond donors (Lipinski definition) is 2. The third-order valence-corrected chi connectivity index (χ3v) is 8.83. The van der Waals surface area contributed by atoms with Crippen LogP contribution in [0.15, 0.2) is 65.8 Å². The van der Waals surface area contributed by atoms with Gasteiger partial charge in [-0.2, -0.15) is 0 Å². The molecule has 0 amide bonds. The summed E-state index contributed by atoms with van der Waals surface area (Å²) >= 11 is 3.01. The lowest BCUT2D eigenvalue weighted by Crippen LogP contribution is -2.37. The zero-order valence-corrected chi connectivity index (χ0v) is 25.0. The van der Waals surface area contributed by atoms with Crippen LogP contribution in [0.25, 0.3) is 21.8 Å². The van der Waals surface area contributed by atoms with Crippen molar-refractivity contribution < 1.29 is 9.84 Å². The molecule has 1 aliphatic rings. The smallest absolute Gasteiger partial charge is 0.173 e. The average molecular weight is 576 g/mol. The highest BCUT2D eigenvalue weighted by atomic mass is 32.2. The molecule has 0 radical (unpaired) electrons. The van der Waals surface area contributed by atoms with Crippen molar-refractivity contribution in [1.82, 2.24) is 15.0 Å². The van der Waals surface area contributed by atoms with E-state index in [0.717, 1.165) is 82.9 Å². The molecule has 0 aliphatic carbocycles. The van der Waals surface area contributed by atoms with Crippen LogP contribution in [0.3, 0.4) is 0 Å². The highest BCUT2D eigenvalue weighted by Gasteiger charge is 2.23. The number of benzene rings is 1. The minimum Gasteiger partial charge on any atom is -0.487 e. The fourth-order valence-corrected chi connectivity index (χ4v) is 6.30. The van der Waals surface area contributed by atoms with Crippen LogP contribution in [0.5, 0.6) is 5.06 Å². The Morgan fingerprint density at radius 1 is 0.975 bits per heavy atom. The summed E-state index contributed by atoms with van der Waals surface area (Å²) in [4.78, 5) is 18.3. The van der Waals surface area contributed by atoms with Crippen LogP contribution in [0.4, 0.5) is 11.6 Å². The van der Waals surface area contributed by atoms with Crippen LogP contribution in [0.1, 0.15) is 45.1 Å². The van der Waals surface area contributed by atoms with Crippen molar-refractivity contribution in [2.24, 2.45) is 5.41 Å². The molecule has 210 valence electrons. The van der Waals surface area contributed by atoms with Gasteiger partial charge in [0.2, 0.25) is 0 Å². The van der Waals surface area contributed by atoms with Gasteiger partial charge in [0.25, 0.3) is 0 Å². The monoisotopic (exact) mass is 575 g/mol. The lowest BCUT2D eigenvalue weighted by atomic mass is 9.94. The molecule has 3 aromatic heterocycles. The molecular weight excluding hydrogens is 539 g/mol. The van der Waals surface area contributed by atoms with E-state index in [-0.39, 0.29) is 12.0 Å². The van der Waals surface area contributed by atoms with Crippen molar-refractivity contribution in [3.05, 3.63) is 66.4 Å². The van der Waals surface area contributed by atoms with Gasteiger partial charge < -0.3 is 19.5 Å². The second-order valence-electron chi connectivity index (χ2n) is 10.9. The summed E-state index contributed by atoms with van der Waals surface area (Å²) in [6, 6.07) is 18.7. The molecule has 0 saturated carbocycles. The summed E-state index contributed by atoms with van der Waals surface area (Å²) in [6.07, 6.45) is 7.25. The van der Waals surface area contributed by atoms with E-state index in [4.69, 9.17) is 19.7 Å². The number of aliphatic hydroxyl groups is 1. The summed E-state index contributed by atoms with van der Waals surface area (Å²) < 4.78 is 8.85. The topological polar surface area (TPSA) is 83.4 Å². The number of aryl methyl sites for hydroxylation is 1. The van der Waals surface area contributed by atoms with E-state index >= 15 is 0 Å². The van der Waals surface area contributed by atoms with Gasteiger partial charge in [-0.3, -0.25) is 0 Å². The minimum atomic E-state index is -0.216. The largest absolute Gasteiger partial charge is 0.487 e. The molecule has 9 heteroatoms. The molecule has 0 fully saturated rings. The van der Waals surface area contributed by atoms with Gasteiger partial charge in [0.15, 0.2) is 10.9 Å². The molecule has 0 spiro atoms. The second kappa shape index (κ2) is 13.0. The van der Waals surface area contributed by atoms with Gasteiger partial charge in [0, 0.05) is 42.6 Å². The number of methoxy groups -OCH3 is 1. The molecule has 1 aromatic carbocycles. The highest BCUT2D eigenvalue weighted by Crippen LogP contribution is 2.38. The maximum Gasteiger partial charge on any atom is 0.173 e. The Kier molecular flexibility index (Phi) is 9.24. The van der Waals surface area contributed by atoms with Gasteiger partial charge in [-0.25, -0.2) is 15.0 Å². The number of aliphatic hydroxyl groups excluding tert-OH is 1. The summed E-state index contributed by atoms with van der Waals surface area (Å²) in [5.41, 5.74) is 3.92. The van der Waals surface area contributed by atoms with Crippen LogP contribution < -0.4 is 14.4 Å². The van der Waals surface area contributed by atoms with Crippen molar-refractivity contribution in [3.8, 4) is 26.9 Å². The Morgan fingerprint density at radius 2 is 1.82 bits per heavy atom. The maximum atomic E-state index is 9.93. The molecular formula is C31H37N5O2S2. The Morgan fingerprint density at radius 3 is 2.65 bits per heavy atom. The first kappa shape index (κ1) is 28.4. The molecule has 0 atom stereocenters. The molecule has 40 heavy (non-hydrogen) atoms. The molecule has 4 heterocycles. The zero-order valence-electron chi connectivity index (χ0n) is 23.4. The van der Waals surface area contributed by atoms with Gasteiger partial charge in [-0.1, -0.05) is 68.4 Å². The molecule has 4 bridgehead atoms. The molecule has 2 N–H and O–H groups in total. The fourth-order valence-electron chi connectivity index (χ4n) is 4.89. The first-order valence-corrected chi connectivity index (χ1v) is 15.4. The van der Waals surface area contributed by atoms with E-state index in [1.807, 2.05) is 18.2 Å². The van der Waals surface area contributed by atoms with Crippen molar-refractivity contribution in [3.63, 3.8) is 0 Å². The van der Waals surface area contributed by atoms with E-state index in [2.05, 4.69) is 59.9 Å². The van der Waals surface area contributed by atoms with Crippen LogP contribution in [0.2, 0.25) is 0 Å². The van der Waals surface area contributed by atoms with Gasteiger partial charge in [0.1, 0.15) is 22.2 Å². The summed E-state index contributed by atoms with van der Waals surface area (Å²) in [5, 5.41) is 11.6. The molecule has 0 saturated heterocycles. The SMILES string of the molecule is COc1ccc(-c2ncc3nc2-c2ccccc2CCCCCCN(CC(C)(C)CO)c2cccc(n2)SN3)s1. The van der Waals surface area contributed by atoms with E-state index in [1.54, 1.807) is 24.6 Å². The Labute approximate surface area is 245 Å². The van der Waals surface area contributed by atoms with Crippen molar-refractivity contribution in [1.29, 1.82) is 0 Å². The lowest BCUT2D eigenvalue weighted by Gasteiger charge is -2.32. The number of thiophene rings is 1. The summed E-state index contributed by atoms with van der Waals surface area (Å²) in [5.74, 6) is 1.61. The quantitative estimate of drug-likeness (QED) is 0.239. The maximum absolute atomic E-state index is 9.93. The zero-order chi connectivity index (χ0) is 28.0. The molecule has 5 rings (SSSR count). The van der Waals surface area contributed by atoms with Gasteiger partial charge in [-0.05, 0) is 49.1 Å². The number of aromatic nitrogens is 3. The van der Waals surface area contributed by atoms with Crippen molar-refractivity contribution >= 4 is 34.9 Å². The summed E-state index contributed by atoms with van der Waals surface area (Å²) in [6.45, 7) is 5.98. The van der Waals surface area contributed by atoms with Crippen LogP contribution >= 0.6 is 23.3 Å². The Hall–Kier alpha value is -3.14. The molecule has 4 aromatic rings. The minimum absolute atomic E-state index is 0.133. The molecule has 1 aliphatic heterocycles. The third-order valence-electron chi connectivity index (χ3n) is 7.02. The predicted octanol–water partition coefficient (Wildman–Crippen LogP) is 7.34. The Bertz CT molecular complexity index is 1420. The van der Waals surface area contributed by atoms with E-state index in [0.29, 0.717) is 5.82 Å². The van der Waals surface area contributed by atoms with Crippen LogP contribution in [-0.2, 0) is 6.42 Å². The first-order valence-electron chi connectivity index (χ1n) is 13.8. The normalized spacial score (nSPS) is 14.7. The van der Waals surface area contributed by atoms with Crippen LogP contribution in [0, 0.1) is 5.41 Å². The number of hydrogen-bond acceptors (Lipinski definition) is 9. The molecule has 0 unspecified atom stereocenters. The standard InChI is InChI=1S/C31H37N5O2S2/c1-31(2,21-37)20-36-18-9-5-4-6-11-22-12-7-8-13-23(22)29-30(24-16-17-28(38-3)39-24)32-19-25(33-29)35-40-27-15-10-14-26(36)34-27/h7-8,10,12-17,19,37H,4-6,9,11,18,20-21H2,1-3H3,(H,33,35). The number of anilines is 2. The second-order valence-corrected chi connectivity index (χ2v) is 12.8. The van der Waals surface area contributed by atoms with Gasteiger partial charge in [-0.15, -0.1) is 0 Å². The predicted molar refractivity (Wildman–Crippen MR) is 166 cm³/mol. The van der Waals surface area contributed by atoms with Crippen LogP contribution in [-0.4, -0.2) is 46.9 Å². The fraction of sp³-hybridized carbons (Fsp3) is 0.387. The van der Waals surface area contributed by atoms with Crippen molar-refractivity contribution in [2.45, 2.75) is 51.0 Å². The number of pyridine rings is 1. The Balaban J connectivity index is 1.51. The summed E-state index contributed by atoms with van der Waals surface area (Å²) in [7, 11) is 1.69. The third kappa shape index (κ3) is 6.95. The lowest BCUT2D eigenvalue weighted by molar-refractivity contribution is 0.164. The molecule has 7 nitrogen and oxygen atoms in total. The number of nitrogens with zero attached hydrogens (tertiary/aromatic N) is 4. The first-order chi connectivity index (χ1) is 19.5.